The van der Waals surface area contributed by atoms with Crippen LogP contribution >= 0.6 is 0 Å². The van der Waals surface area contributed by atoms with Gasteiger partial charge in [0.15, 0.2) is 9.84 Å². The molecule has 0 unspecified atom stereocenters. The molecular weight excluding hydrogens is 314 g/mol. The van der Waals surface area contributed by atoms with E-state index in [-0.39, 0.29) is 22.8 Å². The van der Waals surface area contributed by atoms with Crippen LogP contribution in [0.2, 0.25) is 0 Å². The van der Waals surface area contributed by atoms with Crippen molar-refractivity contribution >= 4 is 15.7 Å². The van der Waals surface area contributed by atoms with E-state index in [1.54, 1.807) is 23.1 Å². The van der Waals surface area contributed by atoms with Crippen LogP contribution in [0.3, 0.4) is 0 Å². The van der Waals surface area contributed by atoms with Crippen molar-refractivity contribution in [1.29, 1.82) is 0 Å². The molecule has 0 spiro atoms. The Morgan fingerprint density at radius 2 is 1.87 bits per heavy atom. The summed E-state index contributed by atoms with van der Waals surface area (Å²) in [6.45, 7) is 4.77. The first-order valence-electron chi connectivity index (χ1n) is 7.99. The summed E-state index contributed by atoms with van der Waals surface area (Å²) in [6, 6.07) is 7.12. The second-order valence-corrected chi connectivity index (χ2v) is 8.74. The Hall–Kier alpha value is -1.56. The Morgan fingerprint density at radius 1 is 1.26 bits per heavy atom. The zero-order chi connectivity index (χ0) is 17.0. The average Bonchev–Trinajstić information content (AvgIpc) is 2.53. The molecule has 1 fully saturated rings. The highest BCUT2D eigenvalue weighted by molar-refractivity contribution is 7.92. The third kappa shape index (κ3) is 4.25. The zero-order valence-corrected chi connectivity index (χ0v) is 14.8. The molecule has 0 N–H and O–H groups in total. The first kappa shape index (κ1) is 17.8. The fourth-order valence-electron chi connectivity index (χ4n) is 3.01. The van der Waals surface area contributed by atoms with Crippen molar-refractivity contribution in [3.8, 4) is 5.75 Å². The number of rotatable bonds is 5. The lowest BCUT2D eigenvalue weighted by atomic mass is 10.1. The van der Waals surface area contributed by atoms with E-state index in [9.17, 15) is 13.2 Å². The average molecular weight is 339 g/mol. The molecule has 128 valence electrons. The van der Waals surface area contributed by atoms with Crippen LogP contribution in [-0.4, -0.2) is 50.4 Å². The number of ether oxygens (including phenoxy) is 1. The summed E-state index contributed by atoms with van der Waals surface area (Å²) in [4.78, 5) is 14.3. The van der Waals surface area contributed by atoms with Gasteiger partial charge >= 0.3 is 0 Å². The molecule has 1 saturated heterocycles. The minimum Gasteiger partial charge on any atom is -0.496 e. The maximum atomic E-state index is 12.6. The van der Waals surface area contributed by atoms with Gasteiger partial charge in [-0.05, 0) is 30.9 Å². The summed E-state index contributed by atoms with van der Waals surface area (Å²) >= 11 is 0. The highest BCUT2D eigenvalue weighted by atomic mass is 32.2. The molecule has 0 aromatic heterocycles. The lowest BCUT2D eigenvalue weighted by Gasteiger charge is -2.32. The van der Waals surface area contributed by atoms with Gasteiger partial charge in [-0.1, -0.05) is 26.0 Å². The van der Waals surface area contributed by atoms with Gasteiger partial charge in [-0.15, -0.1) is 0 Å². The molecule has 1 aromatic carbocycles. The molecule has 0 saturated carbocycles. The quantitative estimate of drug-likeness (QED) is 0.826. The van der Waals surface area contributed by atoms with Crippen LogP contribution in [0.1, 0.15) is 37.0 Å². The number of piperidine rings is 1. The second-order valence-electron chi connectivity index (χ2n) is 6.42. The molecule has 6 heteroatoms. The number of hydrogen-bond acceptors (Lipinski definition) is 4. The maximum Gasteiger partial charge on any atom is 0.257 e. The Bertz CT molecular complexity index is 646. The minimum absolute atomic E-state index is 0.0952. The van der Waals surface area contributed by atoms with Crippen molar-refractivity contribution in [1.82, 2.24) is 4.90 Å². The second kappa shape index (κ2) is 7.34. The Kier molecular flexibility index (Phi) is 5.68. The molecule has 1 heterocycles. The van der Waals surface area contributed by atoms with E-state index in [1.165, 1.54) is 7.11 Å². The molecule has 0 aliphatic carbocycles. The summed E-state index contributed by atoms with van der Waals surface area (Å²) in [5.74, 6) is 0.806. The van der Waals surface area contributed by atoms with E-state index in [2.05, 4.69) is 0 Å². The van der Waals surface area contributed by atoms with Crippen LogP contribution in [0, 0.1) is 5.92 Å². The molecule has 0 bridgehead atoms. The fraction of sp³-hybridized carbons (Fsp3) is 0.588. The van der Waals surface area contributed by atoms with Gasteiger partial charge in [0, 0.05) is 13.1 Å². The molecule has 1 aliphatic heterocycles. The topological polar surface area (TPSA) is 63.7 Å². The number of amides is 1. The summed E-state index contributed by atoms with van der Waals surface area (Å²) < 4.78 is 29.9. The Balaban J connectivity index is 2.03. The van der Waals surface area contributed by atoms with Crippen LogP contribution in [0.15, 0.2) is 24.3 Å². The molecule has 23 heavy (non-hydrogen) atoms. The molecule has 2 rings (SSSR count). The fourth-order valence-corrected chi connectivity index (χ4v) is 5.14. The van der Waals surface area contributed by atoms with Crippen molar-refractivity contribution in [2.24, 2.45) is 5.92 Å². The molecule has 0 radical (unpaired) electrons. The van der Waals surface area contributed by atoms with E-state index < -0.39 is 9.84 Å². The van der Waals surface area contributed by atoms with Gasteiger partial charge < -0.3 is 9.64 Å². The summed E-state index contributed by atoms with van der Waals surface area (Å²) in [5, 5.41) is -0.327. The number of carbonyl (C=O) groups excluding carboxylic acids is 1. The molecular formula is C17H25NO4S. The molecule has 1 amide bonds. The van der Waals surface area contributed by atoms with Crippen LogP contribution in [0.4, 0.5) is 0 Å². The molecule has 1 aliphatic rings. The van der Waals surface area contributed by atoms with E-state index in [0.717, 1.165) is 0 Å². The standard InChI is InChI=1S/C17H25NO4S/c1-13(2)12-23(20,21)14-8-10-18(11-9-14)17(19)15-6-4-5-7-16(15)22-3/h4-7,13-14H,8-12H2,1-3H3. The molecule has 5 nitrogen and oxygen atoms in total. The predicted molar refractivity (Wildman–Crippen MR) is 90.5 cm³/mol. The van der Waals surface area contributed by atoms with Gasteiger partial charge in [0.1, 0.15) is 5.75 Å². The van der Waals surface area contributed by atoms with Crippen LogP contribution in [0.25, 0.3) is 0 Å². The minimum atomic E-state index is -3.07. The lowest BCUT2D eigenvalue weighted by Crippen LogP contribution is -2.43. The number of carbonyl (C=O) groups is 1. The number of sulfone groups is 1. The normalized spacial score (nSPS) is 16.6. The summed E-state index contributed by atoms with van der Waals surface area (Å²) in [7, 11) is -1.53. The van der Waals surface area contributed by atoms with E-state index in [0.29, 0.717) is 37.2 Å². The zero-order valence-electron chi connectivity index (χ0n) is 14.0. The number of para-hydroxylation sites is 1. The predicted octanol–water partition coefficient (Wildman–Crippen LogP) is 2.37. The van der Waals surface area contributed by atoms with Crippen molar-refractivity contribution in [2.75, 3.05) is 26.0 Å². The van der Waals surface area contributed by atoms with Crippen LogP contribution in [0.5, 0.6) is 5.75 Å². The lowest BCUT2D eigenvalue weighted by molar-refractivity contribution is 0.0722. The SMILES string of the molecule is COc1ccccc1C(=O)N1CCC(S(=O)(=O)CC(C)C)CC1. The van der Waals surface area contributed by atoms with Gasteiger partial charge in [0.2, 0.25) is 0 Å². The number of methoxy groups -OCH3 is 1. The van der Waals surface area contributed by atoms with Crippen molar-refractivity contribution in [3.63, 3.8) is 0 Å². The Morgan fingerprint density at radius 3 is 2.43 bits per heavy atom. The summed E-state index contributed by atoms with van der Waals surface area (Å²) in [5.41, 5.74) is 0.526. The van der Waals surface area contributed by atoms with Gasteiger partial charge in [-0.25, -0.2) is 8.42 Å². The summed E-state index contributed by atoms with van der Waals surface area (Å²) in [6.07, 6.45) is 1.02. The third-order valence-electron chi connectivity index (χ3n) is 4.14. The molecule has 0 atom stereocenters. The van der Waals surface area contributed by atoms with Crippen molar-refractivity contribution in [2.45, 2.75) is 31.9 Å². The number of nitrogens with zero attached hydrogens (tertiary/aromatic N) is 1. The number of hydrogen-bond donors (Lipinski definition) is 0. The number of benzene rings is 1. The van der Waals surface area contributed by atoms with Crippen molar-refractivity contribution < 1.29 is 17.9 Å². The molecule has 1 aromatic rings. The first-order valence-corrected chi connectivity index (χ1v) is 9.70. The largest absolute Gasteiger partial charge is 0.496 e. The van der Waals surface area contributed by atoms with Gasteiger partial charge in [-0.2, -0.15) is 0 Å². The first-order chi connectivity index (χ1) is 10.8. The number of likely N-dealkylation sites (tertiary alicyclic amines) is 1. The van der Waals surface area contributed by atoms with Crippen molar-refractivity contribution in [3.05, 3.63) is 29.8 Å². The monoisotopic (exact) mass is 339 g/mol. The van der Waals surface area contributed by atoms with Gasteiger partial charge in [-0.3, -0.25) is 4.79 Å². The third-order valence-corrected chi connectivity index (χ3v) is 6.76. The van der Waals surface area contributed by atoms with Gasteiger partial charge in [0.25, 0.3) is 5.91 Å². The van der Waals surface area contributed by atoms with E-state index in [1.807, 2.05) is 19.9 Å². The van der Waals surface area contributed by atoms with E-state index >= 15 is 0 Å². The smallest absolute Gasteiger partial charge is 0.257 e. The van der Waals surface area contributed by atoms with Crippen LogP contribution in [-0.2, 0) is 9.84 Å². The van der Waals surface area contributed by atoms with E-state index in [4.69, 9.17) is 4.74 Å². The maximum absolute atomic E-state index is 12.6. The van der Waals surface area contributed by atoms with Crippen LogP contribution < -0.4 is 4.74 Å². The van der Waals surface area contributed by atoms with Gasteiger partial charge in [0.05, 0.1) is 23.7 Å². The highest BCUT2D eigenvalue weighted by Crippen LogP contribution is 2.24. The highest BCUT2D eigenvalue weighted by Gasteiger charge is 2.32. The Labute approximate surface area is 138 Å².